The fourth-order valence-electron chi connectivity index (χ4n) is 2.07. The first-order valence-electron chi connectivity index (χ1n) is 6.42. The molecule has 0 amide bonds. The lowest BCUT2D eigenvalue weighted by Crippen LogP contribution is -2.28. The molecule has 98 valence electrons. The van der Waals surface area contributed by atoms with E-state index >= 15 is 0 Å². The molecular formula is C15H22N2O. The number of benzene rings is 1. The standard InChI is InChI=1S/C15H22N2O/c1-5-17(6-2)11-13(10-16)14-9-12(3)7-8-15(14)18-4/h7-9,13H,5-6,11H2,1-4H3. The van der Waals surface area contributed by atoms with Crippen molar-refractivity contribution < 1.29 is 4.74 Å². The topological polar surface area (TPSA) is 36.3 Å². The number of methoxy groups -OCH3 is 1. The molecule has 1 atom stereocenters. The van der Waals surface area contributed by atoms with Crippen LogP contribution in [0, 0.1) is 18.3 Å². The molecule has 0 bridgehead atoms. The van der Waals surface area contributed by atoms with Crippen molar-refractivity contribution in [3.63, 3.8) is 0 Å². The van der Waals surface area contributed by atoms with Crippen molar-refractivity contribution in [2.75, 3.05) is 26.7 Å². The SMILES string of the molecule is CCN(CC)CC(C#N)c1cc(C)ccc1OC. The van der Waals surface area contributed by atoms with Gasteiger partial charge in [0, 0.05) is 12.1 Å². The van der Waals surface area contributed by atoms with Gasteiger partial charge in [-0.1, -0.05) is 31.5 Å². The van der Waals surface area contributed by atoms with Crippen LogP contribution < -0.4 is 4.74 Å². The molecule has 0 radical (unpaired) electrons. The summed E-state index contributed by atoms with van der Waals surface area (Å²) < 4.78 is 5.36. The third-order valence-corrected chi connectivity index (χ3v) is 3.25. The van der Waals surface area contributed by atoms with Crippen LogP contribution in [0.3, 0.4) is 0 Å². The van der Waals surface area contributed by atoms with Gasteiger partial charge >= 0.3 is 0 Å². The van der Waals surface area contributed by atoms with Crippen molar-refractivity contribution in [3.05, 3.63) is 29.3 Å². The molecule has 1 unspecified atom stereocenters. The molecule has 1 aromatic rings. The molecule has 0 aromatic heterocycles. The molecule has 0 saturated carbocycles. The highest BCUT2D eigenvalue weighted by Crippen LogP contribution is 2.28. The Hall–Kier alpha value is -1.53. The van der Waals surface area contributed by atoms with Gasteiger partial charge in [0.1, 0.15) is 5.75 Å². The van der Waals surface area contributed by atoms with Crippen molar-refractivity contribution in [2.45, 2.75) is 26.7 Å². The summed E-state index contributed by atoms with van der Waals surface area (Å²) in [4.78, 5) is 2.26. The number of nitrogens with zero attached hydrogens (tertiary/aromatic N) is 2. The number of hydrogen-bond donors (Lipinski definition) is 0. The predicted molar refractivity (Wildman–Crippen MR) is 73.9 cm³/mol. The summed E-state index contributed by atoms with van der Waals surface area (Å²) in [6.07, 6.45) is 0. The fraction of sp³-hybridized carbons (Fsp3) is 0.533. The van der Waals surface area contributed by atoms with E-state index in [0.29, 0.717) is 0 Å². The van der Waals surface area contributed by atoms with E-state index in [9.17, 15) is 5.26 Å². The van der Waals surface area contributed by atoms with Gasteiger partial charge in [0.25, 0.3) is 0 Å². The molecular weight excluding hydrogens is 224 g/mol. The Balaban J connectivity index is 3.01. The van der Waals surface area contributed by atoms with Gasteiger partial charge in [-0.15, -0.1) is 0 Å². The number of nitriles is 1. The van der Waals surface area contributed by atoms with Crippen LogP contribution in [0.2, 0.25) is 0 Å². The fourth-order valence-corrected chi connectivity index (χ4v) is 2.07. The number of rotatable bonds is 6. The lowest BCUT2D eigenvalue weighted by atomic mass is 9.97. The van der Waals surface area contributed by atoms with Crippen LogP contribution >= 0.6 is 0 Å². The van der Waals surface area contributed by atoms with Crippen LogP contribution in [0.4, 0.5) is 0 Å². The van der Waals surface area contributed by atoms with E-state index in [4.69, 9.17) is 4.74 Å². The minimum absolute atomic E-state index is 0.139. The maximum Gasteiger partial charge on any atom is 0.123 e. The zero-order valence-corrected chi connectivity index (χ0v) is 11.7. The minimum atomic E-state index is -0.139. The van der Waals surface area contributed by atoms with E-state index in [1.807, 2.05) is 19.1 Å². The molecule has 1 aromatic carbocycles. The van der Waals surface area contributed by atoms with Crippen LogP contribution in [-0.2, 0) is 0 Å². The van der Waals surface area contributed by atoms with Crippen LogP contribution in [0.15, 0.2) is 18.2 Å². The Morgan fingerprint density at radius 1 is 1.33 bits per heavy atom. The molecule has 0 heterocycles. The van der Waals surface area contributed by atoms with Gasteiger partial charge < -0.3 is 9.64 Å². The Labute approximate surface area is 110 Å². The molecule has 3 nitrogen and oxygen atoms in total. The lowest BCUT2D eigenvalue weighted by molar-refractivity contribution is 0.295. The van der Waals surface area contributed by atoms with E-state index < -0.39 is 0 Å². The normalized spacial score (nSPS) is 12.2. The molecule has 0 saturated heterocycles. The molecule has 18 heavy (non-hydrogen) atoms. The van der Waals surface area contributed by atoms with Crippen LogP contribution in [-0.4, -0.2) is 31.6 Å². The van der Waals surface area contributed by atoms with Crippen LogP contribution in [0.5, 0.6) is 5.75 Å². The van der Waals surface area contributed by atoms with Gasteiger partial charge in [-0.05, 0) is 26.1 Å². The Morgan fingerprint density at radius 3 is 2.50 bits per heavy atom. The lowest BCUT2D eigenvalue weighted by Gasteiger charge is -2.22. The van der Waals surface area contributed by atoms with Gasteiger partial charge in [-0.3, -0.25) is 0 Å². The van der Waals surface area contributed by atoms with Crippen molar-refractivity contribution in [3.8, 4) is 11.8 Å². The van der Waals surface area contributed by atoms with E-state index in [-0.39, 0.29) is 5.92 Å². The average molecular weight is 246 g/mol. The average Bonchev–Trinajstić information content (AvgIpc) is 2.40. The highest BCUT2D eigenvalue weighted by molar-refractivity contribution is 5.42. The Kier molecular flexibility index (Phi) is 5.67. The number of likely N-dealkylation sites (N-methyl/N-ethyl adjacent to an activating group) is 1. The number of ether oxygens (including phenoxy) is 1. The summed E-state index contributed by atoms with van der Waals surface area (Å²) in [5.41, 5.74) is 2.15. The van der Waals surface area contributed by atoms with Gasteiger partial charge in [-0.25, -0.2) is 0 Å². The highest BCUT2D eigenvalue weighted by atomic mass is 16.5. The van der Waals surface area contributed by atoms with E-state index in [1.165, 1.54) is 0 Å². The Bertz CT molecular complexity index is 419. The quantitative estimate of drug-likeness (QED) is 0.774. The van der Waals surface area contributed by atoms with Crippen LogP contribution in [0.1, 0.15) is 30.9 Å². The van der Waals surface area contributed by atoms with Gasteiger partial charge in [0.2, 0.25) is 0 Å². The zero-order chi connectivity index (χ0) is 13.5. The second-order valence-corrected chi connectivity index (χ2v) is 4.41. The van der Waals surface area contributed by atoms with Gasteiger partial charge in [0.05, 0.1) is 19.1 Å². The second-order valence-electron chi connectivity index (χ2n) is 4.41. The molecule has 0 aliphatic heterocycles. The first-order chi connectivity index (χ1) is 8.65. The molecule has 0 aliphatic carbocycles. The summed E-state index contributed by atoms with van der Waals surface area (Å²) in [6.45, 7) is 8.94. The summed E-state index contributed by atoms with van der Waals surface area (Å²) in [5.74, 6) is 0.666. The molecule has 0 fully saturated rings. The van der Waals surface area contributed by atoms with Gasteiger partial charge in [0.15, 0.2) is 0 Å². The van der Waals surface area contributed by atoms with Gasteiger partial charge in [-0.2, -0.15) is 5.26 Å². The molecule has 0 aliphatic rings. The van der Waals surface area contributed by atoms with E-state index in [2.05, 4.69) is 30.9 Å². The number of aryl methyl sites for hydroxylation is 1. The third-order valence-electron chi connectivity index (χ3n) is 3.25. The highest BCUT2D eigenvalue weighted by Gasteiger charge is 2.18. The smallest absolute Gasteiger partial charge is 0.123 e. The summed E-state index contributed by atoms with van der Waals surface area (Å²) >= 11 is 0. The van der Waals surface area contributed by atoms with Crippen molar-refractivity contribution >= 4 is 0 Å². The van der Waals surface area contributed by atoms with E-state index in [0.717, 1.165) is 36.5 Å². The maximum atomic E-state index is 9.40. The van der Waals surface area contributed by atoms with Crippen molar-refractivity contribution in [2.24, 2.45) is 0 Å². The Morgan fingerprint density at radius 2 is 2.00 bits per heavy atom. The van der Waals surface area contributed by atoms with Crippen LogP contribution in [0.25, 0.3) is 0 Å². The largest absolute Gasteiger partial charge is 0.496 e. The summed E-state index contributed by atoms with van der Waals surface area (Å²) in [5, 5.41) is 9.40. The predicted octanol–water partition coefficient (Wildman–Crippen LogP) is 2.95. The van der Waals surface area contributed by atoms with Crippen molar-refractivity contribution in [1.82, 2.24) is 4.90 Å². The number of hydrogen-bond acceptors (Lipinski definition) is 3. The molecule has 3 heteroatoms. The van der Waals surface area contributed by atoms with Crippen molar-refractivity contribution in [1.29, 1.82) is 5.26 Å². The first kappa shape index (κ1) is 14.5. The zero-order valence-electron chi connectivity index (χ0n) is 11.7. The minimum Gasteiger partial charge on any atom is -0.496 e. The summed E-state index contributed by atoms with van der Waals surface area (Å²) in [6, 6.07) is 8.40. The molecule has 1 rings (SSSR count). The summed E-state index contributed by atoms with van der Waals surface area (Å²) in [7, 11) is 1.65. The third kappa shape index (κ3) is 3.48. The monoisotopic (exact) mass is 246 g/mol. The maximum absolute atomic E-state index is 9.40. The second kappa shape index (κ2) is 7.03. The first-order valence-corrected chi connectivity index (χ1v) is 6.42. The molecule has 0 N–H and O–H groups in total. The molecule has 0 spiro atoms. The van der Waals surface area contributed by atoms with E-state index in [1.54, 1.807) is 7.11 Å².